The lowest BCUT2D eigenvalue weighted by molar-refractivity contribution is -0.256. The molecule has 0 aliphatic rings. The van der Waals surface area contributed by atoms with Crippen molar-refractivity contribution in [1.82, 2.24) is 9.80 Å². The minimum Gasteiger partial charge on any atom is -0.394 e. The predicted octanol–water partition coefficient (Wildman–Crippen LogP) is 11.8. The van der Waals surface area contributed by atoms with Crippen molar-refractivity contribution in [3.63, 3.8) is 0 Å². The van der Waals surface area contributed by atoms with Gasteiger partial charge in [0.25, 0.3) is 0 Å². The van der Waals surface area contributed by atoms with Crippen LogP contribution in [0.4, 0.5) is 0 Å². The van der Waals surface area contributed by atoms with Crippen molar-refractivity contribution in [3.8, 4) is 0 Å². The van der Waals surface area contributed by atoms with E-state index in [9.17, 15) is 10.2 Å². The van der Waals surface area contributed by atoms with E-state index in [1.807, 2.05) is 9.80 Å². The molecule has 8 N–H and O–H groups in total. The zero-order valence-electron chi connectivity index (χ0n) is 42.3. The number of rotatable bonds is 54. The Kier molecular flexibility index (Phi) is 259. The highest BCUT2D eigenvalue weighted by Gasteiger charge is 2.27. The van der Waals surface area contributed by atoms with E-state index in [0.717, 1.165) is 0 Å². The average Bonchev–Trinajstić information content (AvgIpc) is 3.40. The van der Waals surface area contributed by atoms with E-state index in [1.54, 1.807) is 0 Å². The van der Waals surface area contributed by atoms with Crippen LogP contribution in [0.25, 0.3) is 0 Å². The summed E-state index contributed by atoms with van der Waals surface area (Å²) in [6, 6.07) is 0. The first-order valence-electron chi connectivity index (χ1n) is 23.0. The normalized spacial score (nSPS) is 10.1. The lowest BCUT2D eigenvalue weighted by atomic mass is 10.2. The van der Waals surface area contributed by atoms with Gasteiger partial charge in [0.15, 0.2) is 0 Å². The van der Waals surface area contributed by atoms with Crippen LogP contribution in [-0.4, -0.2) is 294 Å². The van der Waals surface area contributed by atoms with Crippen molar-refractivity contribution in [1.29, 1.82) is 0 Å². The summed E-state index contributed by atoms with van der Waals surface area (Å²) in [5.41, 5.74) is 0. The topological polar surface area (TPSA) is 316 Å². The maximum atomic E-state index is 9.19. The summed E-state index contributed by atoms with van der Waals surface area (Å²) in [6.45, 7) is 26.7. The molecule has 0 fully saturated rings. The Morgan fingerprint density at radius 3 is 0.573 bits per heavy atom. The van der Waals surface area contributed by atoms with Crippen molar-refractivity contribution >= 4 is 0 Å². The molecule has 0 heterocycles. The smallest absolute Gasteiger partial charge is 0.105 e. The van der Waals surface area contributed by atoms with Crippen molar-refractivity contribution in [2.24, 2.45) is 0 Å². The van der Waals surface area contributed by atoms with Gasteiger partial charge in [0.2, 0.25) is 0 Å². The molecule has 0 spiro atoms. The van der Waals surface area contributed by atoms with E-state index in [4.69, 9.17) is 88.1 Å². The molecule has 4 unspecified atom stereocenters. The van der Waals surface area contributed by atoms with E-state index in [1.165, 1.54) is 0 Å². The Labute approximate surface area is 554 Å². The Morgan fingerprint density at radius 1 is 0.225 bits per heavy atom. The fraction of sp³-hybridized carbons (Fsp3) is 0.873. The van der Waals surface area contributed by atoms with Gasteiger partial charge in [-0.1, -0.05) is 134 Å². The van der Waals surface area contributed by atoms with Crippen LogP contribution in [0.1, 0.15) is 134 Å². The van der Waals surface area contributed by atoms with Gasteiger partial charge < -0.3 is 77.3 Å². The van der Waals surface area contributed by atoms with Gasteiger partial charge in [0.1, 0.15) is 26.4 Å². The molecular formula is C63H166N2O24. The van der Waals surface area contributed by atoms with Gasteiger partial charge in [-0.15, -0.1) is 52.6 Å². The van der Waals surface area contributed by atoms with Crippen LogP contribution < -0.4 is 0 Å². The van der Waals surface area contributed by atoms with Crippen LogP contribution in [0, 0.1) is 0 Å². The van der Waals surface area contributed by atoms with E-state index in [2.05, 4.69) is 72.2 Å². The average molecular weight is 1340 g/mol. The fourth-order valence-corrected chi connectivity index (χ4v) is 5.43. The highest BCUT2D eigenvalue weighted by atomic mass is 17.1. The summed E-state index contributed by atoms with van der Waals surface area (Å²) in [4.78, 5) is 20.8. The number of aliphatic hydroxyl groups excluding tert-OH is 4. The quantitative estimate of drug-likeness (QED) is 0.00922. The van der Waals surface area contributed by atoms with Crippen LogP contribution in [0.5, 0.6) is 0 Å². The molecule has 0 bridgehead atoms. The first-order valence-corrected chi connectivity index (χ1v) is 23.0. The van der Waals surface area contributed by atoms with Gasteiger partial charge in [0, 0.05) is 26.2 Å². The third-order valence-electron chi connectivity index (χ3n) is 8.01. The zero-order chi connectivity index (χ0) is 54.1. The molecule has 0 rings (SSSR count). The summed E-state index contributed by atoms with van der Waals surface area (Å²) in [6.07, 6.45) is -2.40. The number of hydrogen-bond donors (Lipinski definition) is 8. The third kappa shape index (κ3) is 124. The Balaban J connectivity index is -0.0000000764. The minimum absolute atomic E-state index is 0. The molecule has 0 saturated heterocycles. The van der Waals surface area contributed by atoms with Gasteiger partial charge in [0.05, 0.1) is 190 Å². The number of aliphatic hydroxyl groups is 4. The summed E-state index contributed by atoms with van der Waals surface area (Å²) in [5.74, 6) is 0. The molecule has 0 saturated carbocycles. The number of ether oxygens (including phenoxy) is 12. The Hall–Kier alpha value is -2.08. The predicted molar refractivity (Wildman–Crippen MR) is 382 cm³/mol. The van der Waals surface area contributed by atoms with Crippen molar-refractivity contribution in [3.05, 3.63) is 52.6 Å². The van der Waals surface area contributed by atoms with Gasteiger partial charge in [-0.2, -0.15) is 0 Å². The van der Waals surface area contributed by atoms with Crippen LogP contribution in [0.15, 0.2) is 52.6 Å². The fourth-order valence-electron chi connectivity index (χ4n) is 5.43. The number of hydrogen-bond acceptors (Lipinski definition) is 26. The molecule has 572 valence electrons. The second kappa shape index (κ2) is 147. The van der Waals surface area contributed by atoms with E-state index in [0.29, 0.717) is 0 Å². The standard InChI is InChI=1S/C37H78N2O24.4C2H4.18CH4/c40-1-5-48-9-11-52-29-34(56-17-13-50-7-3-42)25-38(26-35(57-18-14-51-8-4-43)30-53-12-10-49-6-2-41)33-39(27-36(58-19-23-62-46)31-54-15-21-60-44)28-37(59-20-24-63-47)32-55-16-22-61-45;4*1-2;;;;;;;;;;;;;;;;;;/h34-37,40-47H,1-33H2;4*1-2H2;18*1H4. The molecule has 26 heteroatoms. The van der Waals surface area contributed by atoms with E-state index in [-0.39, 0.29) is 352 Å². The molecule has 0 radical (unpaired) electrons. The molecule has 0 amide bonds. The maximum Gasteiger partial charge on any atom is 0.105 e. The van der Waals surface area contributed by atoms with E-state index >= 15 is 0 Å². The molecule has 0 aliphatic carbocycles. The molecule has 0 aromatic carbocycles. The lowest BCUT2D eigenvalue weighted by Crippen LogP contribution is -2.52. The first kappa shape index (κ1) is 157. The Bertz CT molecular complexity index is 889. The lowest BCUT2D eigenvalue weighted by Gasteiger charge is -2.37. The maximum absolute atomic E-state index is 9.19. The number of nitrogens with zero attached hydrogens (tertiary/aromatic N) is 2. The van der Waals surface area contributed by atoms with Crippen LogP contribution in [0.2, 0.25) is 0 Å². The zero-order valence-corrected chi connectivity index (χ0v) is 42.3. The molecule has 26 nitrogen and oxygen atoms in total. The monoisotopic (exact) mass is 1340 g/mol. The first-order chi connectivity index (χ1) is 35.0. The van der Waals surface area contributed by atoms with Crippen molar-refractivity contribution < 1.29 is 118 Å². The van der Waals surface area contributed by atoms with Crippen LogP contribution in [0.3, 0.4) is 0 Å². The summed E-state index contributed by atoms with van der Waals surface area (Å²) >= 11 is 0. The highest BCUT2D eigenvalue weighted by Crippen LogP contribution is 2.11. The van der Waals surface area contributed by atoms with Crippen molar-refractivity contribution in [2.75, 3.05) is 218 Å². The van der Waals surface area contributed by atoms with Crippen LogP contribution >= 0.6 is 0 Å². The molecule has 0 aromatic heterocycles. The minimum atomic E-state index is -0.637. The second-order valence-corrected chi connectivity index (χ2v) is 13.2. The molecular weight excluding hydrogens is 1170 g/mol. The van der Waals surface area contributed by atoms with E-state index < -0.39 is 24.4 Å². The second-order valence-electron chi connectivity index (χ2n) is 13.2. The van der Waals surface area contributed by atoms with Gasteiger partial charge in [-0.05, 0) is 0 Å². The Morgan fingerprint density at radius 2 is 0.382 bits per heavy atom. The molecule has 89 heavy (non-hydrogen) atoms. The molecule has 4 atom stereocenters. The largest absolute Gasteiger partial charge is 0.394 e. The summed E-state index contributed by atoms with van der Waals surface area (Å²) in [7, 11) is 0. The van der Waals surface area contributed by atoms with Gasteiger partial charge >= 0.3 is 0 Å². The SMILES string of the molecule is C.C.C.C.C.C.C.C.C.C.C.C.C.C.C.C.C.C.C=C.C=C.C=C.C=C.OCCOCCOCC(CN(CC(COCCOCCO)OCCOCCO)CN(CC(COCCOO)OCCOO)CC(COCCOO)OCCOO)OCCOCCO. The summed E-state index contributed by atoms with van der Waals surface area (Å²) in [5, 5.41) is 72.2. The third-order valence-corrected chi connectivity index (χ3v) is 8.01. The van der Waals surface area contributed by atoms with Gasteiger partial charge in [-0.3, -0.25) is 30.8 Å². The summed E-state index contributed by atoms with van der Waals surface area (Å²) < 4.78 is 69.5. The molecule has 0 aromatic rings. The highest BCUT2D eigenvalue weighted by molar-refractivity contribution is 4.77. The van der Waals surface area contributed by atoms with Crippen LogP contribution in [-0.2, 0) is 76.4 Å². The van der Waals surface area contributed by atoms with Gasteiger partial charge in [-0.25, -0.2) is 19.6 Å². The molecule has 0 aliphatic heterocycles. The van der Waals surface area contributed by atoms with Crippen molar-refractivity contribution in [2.45, 2.75) is 158 Å².